The highest BCUT2D eigenvalue weighted by Gasteiger charge is 2.24. The molecule has 1 aliphatic rings. The summed E-state index contributed by atoms with van der Waals surface area (Å²) in [7, 11) is 0. The Hall–Kier alpha value is -2.77. The molecule has 2 N–H and O–H groups in total. The normalized spacial score (nSPS) is 16.4. The fraction of sp³-hybridized carbons (Fsp3) is 0.417. The molecule has 2 unspecified atom stereocenters. The molecule has 0 aliphatic carbocycles. The number of nitrogens with zero attached hydrogens (tertiary/aromatic N) is 1. The third-order valence-corrected chi connectivity index (χ3v) is 5.48. The minimum absolute atomic E-state index is 0.0768. The van der Waals surface area contributed by atoms with Crippen LogP contribution < -0.4 is 10.6 Å². The first kappa shape index (κ1) is 22.9. The molecule has 2 amide bonds. The maximum Gasteiger partial charge on any atom is 0.222 e. The minimum Gasteiger partial charge on any atom is -0.379 e. The van der Waals surface area contributed by atoms with Crippen LogP contribution in [-0.2, 0) is 14.3 Å². The first-order chi connectivity index (χ1) is 14.9. The number of carbonyl (C=O) groups excluding carboxylic acids is 2. The molecule has 0 spiro atoms. The number of hydrogen-bond donors (Lipinski definition) is 2. The molecule has 1 fully saturated rings. The van der Waals surface area contributed by atoms with Crippen molar-refractivity contribution >= 4 is 11.8 Å². The van der Waals surface area contributed by atoms with Crippen molar-refractivity contribution in [3.05, 3.63) is 71.0 Å². The molecule has 0 radical (unpaired) electrons. The van der Waals surface area contributed by atoms with Gasteiger partial charge in [-0.3, -0.25) is 14.5 Å². The maximum absolute atomic E-state index is 13.4. The Morgan fingerprint density at radius 2 is 1.65 bits per heavy atom. The average Bonchev–Trinajstić information content (AvgIpc) is 2.75. The lowest BCUT2D eigenvalue weighted by molar-refractivity contribution is -0.123. The Bertz CT molecular complexity index is 865. The van der Waals surface area contributed by atoms with Gasteiger partial charge in [-0.25, -0.2) is 4.39 Å². The summed E-state index contributed by atoms with van der Waals surface area (Å²) in [6, 6.07) is 13.7. The van der Waals surface area contributed by atoms with Crippen LogP contribution in [0, 0.1) is 12.7 Å². The van der Waals surface area contributed by atoms with Crippen LogP contribution in [0.2, 0.25) is 0 Å². The van der Waals surface area contributed by atoms with Gasteiger partial charge in [-0.05, 0) is 30.2 Å². The molecule has 0 aromatic heterocycles. The predicted octanol–water partition coefficient (Wildman–Crippen LogP) is 2.89. The van der Waals surface area contributed by atoms with Gasteiger partial charge in [-0.15, -0.1) is 0 Å². The summed E-state index contributed by atoms with van der Waals surface area (Å²) < 4.78 is 18.9. The number of benzene rings is 2. The lowest BCUT2D eigenvalue weighted by atomic mass is 10.0. The molecule has 0 bridgehead atoms. The number of rotatable bonds is 8. The zero-order valence-electron chi connectivity index (χ0n) is 18.1. The standard InChI is InChI=1S/C24H30FN3O3/c1-17-3-5-19(6-4-17)22(27-18(2)29)15-24(30)26-16-23(28-11-13-31-14-12-28)20-7-9-21(25)10-8-20/h3-10,22-23H,11-16H2,1-2H3,(H,26,30)(H,27,29). The second-order valence-corrected chi connectivity index (χ2v) is 7.89. The van der Waals surface area contributed by atoms with Crippen molar-refractivity contribution in [3.8, 4) is 0 Å². The Morgan fingerprint density at radius 1 is 1.03 bits per heavy atom. The Labute approximate surface area is 182 Å². The number of nitrogens with one attached hydrogen (secondary N) is 2. The van der Waals surface area contributed by atoms with Crippen LogP contribution in [0.5, 0.6) is 0 Å². The van der Waals surface area contributed by atoms with E-state index in [0.717, 1.165) is 29.8 Å². The van der Waals surface area contributed by atoms with E-state index in [1.165, 1.54) is 19.1 Å². The molecule has 1 aliphatic heterocycles. The lowest BCUT2D eigenvalue weighted by Gasteiger charge is -2.35. The summed E-state index contributed by atoms with van der Waals surface area (Å²) >= 11 is 0. The van der Waals surface area contributed by atoms with Gasteiger partial charge < -0.3 is 15.4 Å². The maximum atomic E-state index is 13.4. The van der Waals surface area contributed by atoms with Gasteiger partial charge in [-0.1, -0.05) is 42.0 Å². The van der Waals surface area contributed by atoms with Crippen molar-refractivity contribution < 1.29 is 18.7 Å². The van der Waals surface area contributed by atoms with Gasteiger partial charge in [0.1, 0.15) is 5.82 Å². The second kappa shape index (κ2) is 11.0. The van der Waals surface area contributed by atoms with E-state index in [4.69, 9.17) is 4.74 Å². The zero-order valence-corrected chi connectivity index (χ0v) is 18.1. The van der Waals surface area contributed by atoms with Crippen LogP contribution >= 0.6 is 0 Å². The summed E-state index contributed by atoms with van der Waals surface area (Å²) in [6.45, 7) is 6.58. The van der Waals surface area contributed by atoms with E-state index >= 15 is 0 Å². The van der Waals surface area contributed by atoms with E-state index in [0.29, 0.717) is 19.8 Å². The average molecular weight is 428 g/mol. The monoisotopic (exact) mass is 427 g/mol. The van der Waals surface area contributed by atoms with Crippen molar-refractivity contribution in [2.24, 2.45) is 0 Å². The first-order valence-electron chi connectivity index (χ1n) is 10.6. The van der Waals surface area contributed by atoms with E-state index in [9.17, 15) is 14.0 Å². The highest BCUT2D eigenvalue weighted by atomic mass is 19.1. The van der Waals surface area contributed by atoms with Crippen LogP contribution in [-0.4, -0.2) is 49.6 Å². The summed E-state index contributed by atoms with van der Waals surface area (Å²) in [5, 5.41) is 5.88. The molecule has 31 heavy (non-hydrogen) atoms. The highest BCUT2D eigenvalue weighted by molar-refractivity contribution is 5.79. The number of halogens is 1. The molecular weight excluding hydrogens is 397 g/mol. The summed E-state index contributed by atoms with van der Waals surface area (Å²) in [5.41, 5.74) is 2.95. The Morgan fingerprint density at radius 3 is 2.26 bits per heavy atom. The quantitative estimate of drug-likeness (QED) is 0.680. The third kappa shape index (κ3) is 6.87. The van der Waals surface area contributed by atoms with E-state index in [-0.39, 0.29) is 30.1 Å². The summed E-state index contributed by atoms with van der Waals surface area (Å²) in [6.07, 6.45) is 0.141. The molecule has 0 saturated carbocycles. The molecule has 1 heterocycles. The van der Waals surface area contributed by atoms with E-state index in [2.05, 4.69) is 15.5 Å². The van der Waals surface area contributed by atoms with Gasteiger partial charge in [0.25, 0.3) is 0 Å². The fourth-order valence-electron chi connectivity index (χ4n) is 3.80. The van der Waals surface area contributed by atoms with Gasteiger partial charge in [0, 0.05) is 26.6 Å². The molecular formula is C24H30FN3O3. The van der Waals surface area contributed by atoms with Gasteiger partial charge in [0.2, 0.25) is 11.8 Å². The van der Waals surface area contributed by atoms with E-state index in [1.807, 2.05) is 31.2 Å². The van der Waals surface area contributed by atoms with Crippen molar-refractivity contribution in [2.45, 2.75) is 32.4 Å². The lowest BCUT2D eigenvalue weighted by Crippen LogP contribution is -2.44. The zero-order chi connectivity index (χ0) is 22.2. The number of aryl methyl sites for hydroxylation is 1. The molecule has 6 nitrogen and oxygen atoms in total. The van der Waals surface area contributed by atoms with Crippen molar-refractivity contribution in [1.82, 2.24) is 15.5 Å². The van der Waals surface area contributed by atoms with Crippen LogP contribution in [0.1, 0.15) is 42.1 Å². The van der Waals surface area contributed by atoms with Gasteiger partial charge in [0.15, 0.2) is 0 Å². The molecule has 1 saturated heterocycles. The number of ether oxygens (including phenoxy) is 1. The number of carbonyl (C=O) groups is 2. The van der Waals surface area contributed by atoms with Crippen LogP contribution in [0.4, 0.5) is 4.39 Å². The van der Waals surface area contributed by atoms with E-state index in [1.54, 1.807) is 12.1 Å². The van der Waals surface area contributed by atoms with E-state index < -0.39 is 6.04 Å². The smallest absolute Gasteiger partial charge is 0.222 e. The van der Waals surface area contributed by atoms with Crippen LogP contribution in [0.15, 0.2) is 48.5 Å². The highest BCUT2D eigenvalue weighted by Crippen LogP contribution is 2.22. The molecule has 7 heteroatoms. The third-order valence-electron chi connectivity index (χ3n) is 5.48. The number of morpholine rings is 1. The molecule has 2 atom stereocenters. The van der Waals surface area contributed by atoms with Crippen molar-refractivity contribution in [3.63, 3.8) is 0 Å². The van der Waals surface area contributed by atoms with Crippen molar-refractivity contribution in [1.29, 1.82) is 0 Å². The molecule has 3 rings (SSSR count). The summed E-state index contributed by atoms with van der Waals surface area (Å²) in [5.74, 6) is -0.625. The second-order valence-electron chi connectivity index (χ2n) is 7.89. The minimum atomic E-state index is -0.397. The first-order valence-corrected chi connectivity index (χ1v) is 10.6. The molecule has 2 aromatic rings. The SMILES string of the molecule is CC(=O)NC(CC(=O)NCC(c1ccc(F)cc1)N1CCOCC1)c1ccc(C)cc1. The topological polar surface area (TPSA) is 70.7 Å². The number of amides is 2. The Balaban J connectivity index is 1.67. The van der Waals surface area contributed by atoms with Crippen molar-refractivity contribution in [2.75, 3.05) is 32.8 Å². The van der Waals surface area contributed by atoms with Gasteiger partial charge in [0.05, 0.1) is 31.7 Å². The fourth-order valence-corrected chi connectivity index (χ4v) is 3.80. The van der Waals surface area contributed by atoms with Crippen LogP contribution in [0.3, 0.4) is 0 Å². The largest absolute Gasteiger partial charge is 0.379 e. The van der Waals surface area contributed by atoms with Crippen LogP contribution in [0.25, 0.3) is 0 Å². The molecule has 166 valence electrons. The Kier molecular flexibility index (Phi) is 8.14. The van der Waals surface area contributed by atoms with Gasteiger partial charge in [-0.2, -0.15) is 0 Å². The summed E-state index contributed by atoms with van der Waals surface area (Å²) in [4.78, 5) is 26.7. The predicted molar refractivity (Wildman–Crippen MR) is 117 cm³/mol. The van der Waals surface area contributed by atoms with Gasteiger partial charge >= 0.3 is 0 Å². The molecule has 2 aromatic carbocycles. The number of hydrogen-bond acceptors (Lipinski definition) is 4.